The number of carbonyl (C=O) groups excluding carboxylic acids is 1. The molecule has 0 aromatic heterocycles. The topological polar surface area (TPSA) is 66.5 Å². The molecule has 2 aromatic carbocycles. The Bertz CT molecular complexity index is 1340. The van der Waals surface area contributed by atoms with Crippen molar-refractivity contribution in [2.75, 3.05) is 20.1 Å². The van der Waals surface area contributed by atoms with Gasteiger partial charge < -0.3 is 5.32 Å². The Balaban J connectivity index is 1.90. The molecule has 1 aliphatic carbocycles. The quantitative estimate of drug-likeness (QED) is 0.386. The van der Waals surface area contributed by atoms with Gasteiger partial charge in [0.2, 0.25) is 5.91 Å². The molecule has 4 rings (SSSR count). The molecular weight excluding hydrogens is 560 g/mol. The molecule has 2 atom stereocenters. The highest BCUT2D eigenvalue weighted by molar-refractivity contribution is 7.92. The van der Waals surface area contributed by atoms with Crippen molar-refractivity contribution in [1.82, 2.24) is 10.2 Å². The molecule has 39 heavy (non-hydrogen) atoms. The number of benzene rings is 2. The van der Waals surface area contributed by atoms with E-state index in [-0.39, 0.29) is 60.7 Å². The van der Waals surface area contributed by atoms with Crippen LogP contribution in [0.25, 0.3) is 0 Å². The lowest BCUT2D eigenvalue weighted by Gasteiger charge is -2.43. The lowest BCUT2D eigenvalue weighted by molar-refractivity contribution is -0.348. The van der Waals surface area contributed by atoms with Gasteiger partial charge >= 0.3 is 18.0 Å². The fraction of sp³-hybridized carbons (Fsp3) is 0.480. The second kappa shape index (κ2) is 9.72. The van der Waals surface area contributed by atoms with E-state index in [1.165, 1.54) is 7.05 Å². The number of fused-ring (bicyclic) bond motifs is 3. The van der Waals surface area contributed by atoms with E-state index >= 15 is 0 Å². The predicted octanol–water partition coefficient (Wildman–Crippen LogP) is 4.94. The maximum atomic E-state index is 14.8. The van der Waals surface area contributed by atoms with E-state index in [1.807, 2.05) is 0 Å². The van der Waals surface area contributed by atoms with Gasteiger partial charge in [0.15, 0.2) is 9.84 Å². The number of hydrogen-bond acceptors (Lipinski definition) is 4. The van der Waals surface area contributed by atoms with Gasteiger partial charge in [-0.25, -0.2) is 17.2 Å². The van der Waals surface area contributed by atoms with Gasteiger partial charge in [0.1, 0.15) is 10.6 Å². The zero-order valence-corrected chi connectivity index (χ0v) is 21.3. The summed E-state index contributed by atoms with van der Waals surface area (Å²) >= 11 is 0. The number of sulfone groups is 1. The number of likely N-dealkylation sites (tertiary alicyclic amines) is 1. The zero-order chi connectivity index (χ0) is 29.0. The van der Waals surface area contributed by atoms with Crippen molar-refractivity contribution < 1.29 is 48.3 Å². The van der Waals surface area contributed by atoms with E-state index in [9.17, 15) is 48.3 Å². The van der Waals surface area contributed by atoms with Crippen LogP contribution in [0.1, 0.15) is 36.0 Å². The number of nitrogens with one attached hydrogen (secondary N) is 1. The fourth-order valence-corrected chi connectivity index (χ4v) is 8.17. The number of alkyl halides is 7. The Labute approximate surface area is 219 Å². The van der Waals surface area contributed by atoms with Crippen molar-refractivity contribution >= 4 is 15.7 Å². The molecule has 1 aliphatic heterocycles. The van der Waals surface area contributed by atoms with Crippen LogP contribution in [0.3, 0.4) is 0 Å². The Hall–Kier alpha value is -2.74. The lowest BCUT2D eigenvalue weighted by atomic mass is 9.76. The van der Waals surface area contributed by atoms with Gasteiger partial charge in [0.25, 0.3) is 0 Å². The lowest BCUT2D eigenvalue weighted by Crippen LogP contribution is -2.52. The van der Waals surface area contributed by atoms with Gasteiger partial charge in [0, 0.05) is 38.2 Å². The van der Waals surface area contributed by atoms with Crippen LogP contribution in [0.2, 0.25) is 0 Å². The average molecular weight is 585 g/mol. The Morgan fingerprint density at radius 1 is 1.03 bits per heavy atom. The summed E-state index contributed by atoms with van der Waals surface area (Å²) in [6, 6.07) is 4.72. The van der Waals surface area contributed by atoms with Gasteiger partial charge in [-0.1, -0.05) is 18.2 Å². The molecule has 2 aromatic rings. The van der Waals surface area contributed by atoms with Crippen LogP contribution in [0.15, 0.2) is 47.4 Å². The first-order valence-electron chi connectivity index (χ1n) is 11.9. The van der Waals surface area contributed by atoms with Gasteiger partial charge in [-0.3, -0.25) is 9.69 Å². The summed E-state index contributed by atoms with van der Waals surface area (Å²) in [4.78, 5) is 13.3. The third-order valence-electron chi connectivity index (χ3n) is 7.69. The molecule has 1 N–H and O–H groups in total. The number of carbonyl (C=O) groups is 1. The summed E-state index contributed by atoms with van der Waals surface area (Å²) < 4.78 is 135. The SMILES string of the molecule is CNC(=O)CCN1CC[C@@]2(S(=O)(=O)c3ccc(F)cc3)c3ccc(C(F)(C(F)(F)F)C(F)(F)F)cc3CC[C@@H]12. The van der Waals surface area contributed by atoms with Crippen LogP contribution >= 0.6 is 0 Å². The summed E-state index contributed by atoms with van der Waals surface area (Å²) in [6.45, 7) is 0.301. The number of amides is 1. The minimum absolute atomic E-state index is 0.00193. The van der Waals surface area contributed by atoms with Gasteiger partial charge in [-0.05, 0) is 54.7 Å². The van der Waals surface area contributed by atoms with Crippen molar-refractivity contribution in [3.05, 3.63) is 65.0 Å². The molecule has 1 heterocycles. The second-order valence-corrected chi connectivity index (χ2v) is 11.8. The van der Waals surface area contributed by atoms with E-state index in [2.05, 4.69) is 5.32 Å². The molecule has 0 spiro atoms. The van der Waals surface area contributed by atoms with Gasteiger partial charge in [0.05, 0.1) is 4.90 Å². The Kier molecular flexibility index (Phi) is 7.29. The summed E-state index contributed by atoms with van der Waals surface area (Å²) in [5.74, 6) is -1.03. The molecule has 0 unspecified atom stereocenters. The standard InChI is InChI=1S/C25H24F8N2O3S/c1-34-21(36)10-12-35-13-11-22(39(37,38)18-6-4-17(26)5-7-18)19-8-3-16(14-15(19)2-9-20(22)35)23(27,24(28,29)30)25(31,32)33/h3-8,14,20H,2,9-13H2,1H3,(H,34,36)/t20-,22-/m1/s1. The molecule has 1 fully saturated rings. The van der Waals surface area contributed by atoms with Crippen molar-refractivity contribution in [3.63, 3.8) is 0 Å². The van der Waals surface area contributed by atoms with Crippen LogP contribution in [-0.4, -0.2) is 57.8 Å². The first-order valence-corrected chi connectivity index (χ1v) is 13.4. The number of halogens is 8. The number of hydrogen-bond donors (Lipinski definition) is 1. The first kappa shape index (κ1) is 29.2. The highest BCUT2D eigenvalue weighted by Gasteiger charge is 2.73. The summed E-state index contributed by atoms with van der Waals surface area (Å²) in [6.07, 6.45) is -12.8. The highest BCUT2D eigenvalue weighted by Crippen LogP contribution is 2.56. The third kappa shape index (κ3) is 4.48. The fourth-order valence-electron chi connectivity index (χ4n) is 5.78. The van der Waals surface area contributed by atoms with E-state index in [4.69, 9.17) is 0 Å². The second-order valence-electron chi connectivity index (χ2n) is 9.64. The summed E-state index contributed by atoms with van der Waals surface area (Å²) in [7, 11) is -2.99. The molecule has 0 radical (unpaired) electrons. The molecule has 0 saturated carbocycles. The smallest absolute Gasteiger partial charge is 0.359 e. The average Bonchev–Trinajstić information content (AvgIpc) is 3.26. The predicted molar refractivity (Wildman–Crippen MR) is 124 cm³/mol. The Morgan fingerprint density at radius 3 is 2.21 bits per heavy atom. The van der Waals surface area contributed by atoms with E-state index < -0.39 is 50.0 Å². The highest BCUT2D eigenvalue weighted by atomic mass is 32.2. The van der Waals surface area contributed by atoms with Crippen LogP contribution in [-0.2, 0) is 31.5 Å². The van der Waals surface area contributed by atoms with Crippen LogP contribution < -0.4 is 5.32 Å². The van der Waals surface area contributed by atoms with Crippen molar-refractivity contribution in [1.29, 1.82) is 0 Å². The Morgan fingerprint density at radius 2 is 1.64 bits per heavy atom. The molecular formula is C25H24F8N2O3S. The monoisotopic (exact) mass is 584 g/mol. The maximum Gasteiger partial charge on any atom is 0.435 e. The summed E-state index contributed by atoms with van der Waals surface area (Å²) in [5, 5.41) is 2.45. The molecule has 0 bridgehead atoms. The maximum absolute atomic E-state index is 14.8. The zero-order valence-electron chi connectivity index (χ0n) is 20.5. The van der Waals surface area contributed by atoms with Crippen molar-refractivity contribution in [3.8, 4) is 0 Å². The third-order valence-corrected chi connectivity index (χ3v) is 10.2. The normalized spacial score (nSPS) is 22.3. The van der Waals surface area contributed by atoms with Crippen LogP contribution in [0.4, 0.5) is 35.1 Å². The molecule has 14 heteroatoms. The number of aryl methyl sites for hydroxylation is 1. The van der Waals surface area contributed by atoms with Crippen LogP contribution in [0.5, 0.6) is 0 Å². The minimum Gasteiger partial charge on any atom is -0.359 e. The minimum atomic E-state index is -6.32. The van der Waals surface area contributed by atoms with Crippen molar-refractivity contribution in [2.45, 2.75) is 59.4 Å². The van der Waals surface area contributed by atoms with E-state index in [1.54, 1.807) is 4.90 Å². The van der Waals surface area contributed by atoms with Crippen LogP contribution in [0, 0.1) is 5.82 Å². The van der Waals surface area contributed by atoms with Crippen molar-refractivity contribution in [2.24, 2.45) is 0 Å². The molecule has 1 amide bonds. The molecule has 1 saturated heterocycles. The molecule has 214 valence electrons. The van der Waals surface area contributed by atoms with Gasteiger partial charge in [-0.15, -0.1) is 0 Å². The van der Waals surface area contributed by atoms with Gasteiger partial charge in [-0.2, -0.15) is 26.3 Å². The van der Waals surface area contributed by atoms with E-state index in [0.717, 1.165) is 30.3 Å². The number of rotatable bonds is 6. The summed E-state index contributed by atoms with van der Waals surface area (Å²) in [5.41, 5.74) is -7.55. The number of nitrogens with zero attached hydrogens (tertiary/aromatic N) is 1. The molecule has 2 aliphatic rings. The van der Waals surface area contributed by atoms with E-state index in [0.29, 0.717) is 12.1 Å². The first-order chi connectivity index (χ1) is 18.0. The largest absolute Gasteiger partial charge is 0.435 e. The molecule has 5 nitrogen and oxygen atoms in total.